The number of fused-ring (bicyclic) bond motifs is 6. The summed E-state index contributed by atoms with van der Waals surface area (Å²) in [5.74, 6) is 0. The Balaban J connectivity index is 1.95. The third kappa shape index (κ3) is 2.74. The zero-order valence-corrected chi connectivity index (χ0v) is 12.0. The molecule has 1 unspecified atom stereocenters. The van der Waals surface area contributed by atoms with E-state index in [4.69, 9.17) is 8.92 Å². The van der Waals surface area contributed by atoms with Crippen molar-refractivity contribution in [2.75, 3.05) is 13.2 Å². The van der Waals surface area contributed by atoms with Gasteiger partial charge in [0, 0.05) is 6.54 Å². The van der Waals surface area contributed by atoms with Crippen LogP contribution >= 0.6 is 0 Å². The first-order valence-electron chi connectivity index (χ1n) is 6.57. The molecule has 0 spiro atoms. The van der Waals surface area contributed by atoms with Crippen LogP contribution in [-0.2, 0) is 25.6 Å². The number of nitrogens with zero attached hydrogens (tertiary/aromatic N) is 1. The Morgan fingerprint density at radius 3 is 2.67 bits per heavy atom. The highest BCUT2D eigenvalue weighted by atomic mass is 32.2. The highest BCUT2D eigenvalue weighted by Crippen LogP contribution is 2.23. The van der Waals surface area contributed by atoms with Gasteiger partial charge >= 0.3 is 6.09 Å². The molecule has 8 heteroatoms. The fraction of sp³-hybridized carbons (Fsp3) is 0.462. The monoisotopic (exact) mass is 313 g/mol. The summed E-state index contributed by atoms with van der Waals surface area (Å²) in [6.07, 6.45) is -1.04. The van der Waals surface area contributed by atoms with Crippen molar-refractivity contribution in [3.05, 3.63) is 29.8 Å². The maximum Gasteiger partial charge on any atom is 0.410 e. The van der Waals surface area contributed by atoms with Crippen LogP contribution in [0.25, 0.3) is 0 Å². The molecule has 0 aromatic heterocycles. The Morgan fingerprint density at radius 1 is 1.24 bits per heavy atom. The first-order valence-corrected chi connectivity index (χ1v) is 7.98. The second-order valence-corrected chi connectivity index (χ2v) is 6.67. The molecule has 1 aromatic rings. The number of hydrogen-bond acceptors (Lipinski definition) is 6. The number of rotatable bonds is 0. The van der Waals surface area contributed by atoms with Crippen molar-refractivity contribution in [2.24, 2.45) is 0 Å². The predicted octanol–water partition coefficient (Wildman–Crippen LogP) is 0.477. The molecular weight excluding hydrogens is 298 g/mol. The van der Waals surface area contributed by atoms with Crippen LogP contribution in [0.15, 0.2) is 29.2 Å². The van der Waals surface area contributed by atoms with Crippen LogP contribution in [0.3, 0.4) is 0 Å². The molecule has 3 aliphatic rings. The summed E-state index contributed by atoms with van der Waals surface area (Å²) in [4.78, 5) is 13.4. The number of aliphatic hydroxyl groups is 1. The summed E-state index contributed by atoms with van der Waals surface area (Å²) < 4.78 is 34.3. The summed E-state index contributed by atoms with van der Waals surface area (Å²) >= 11 is 0. The summed E-state index contributed by atoms with van der Waals surface area (Å²) in [5.41, 5.74) is 0.680. The molecule has 1 fully saturated rings. The predicted molar refractivity (Wildman–Crippen MR) is 70.9 cm³/mol. The van der Waals surface area contributed by atoms with Crippen molar-refractivity contribution in [1.29, 1.82) is 0 Å². The Bertz CT molecular complexity index is 641. The van der Waals surface area contributed by atoms with Crippen molar-refractivity contribution < 1.29 is 27.2 Å². The number of aliphatic hydroxyl groups excluding tert-OH is 1. The minimum atomic E-state index is -3.90. The van der Waals surface area contributed by atoms with Crippen molar-refractivity contribution in [2.45, 2.75) is 30.1 Å². The molecule has 0 saturated carbocycles. The molecule has 7 nitrogen and oxygen atoms in total. The molecule has 1 amide bonds. The van der Waals surface area contributed by atoms with Crippen LogP contribution in [0.4, 0.5) is 4.79 Å². The van der Waals surface area contributed by atoms with Crippen molar-refractivity contribution in [3.63, 3.8) is 0 Å². The lowest BCUT2D eigenvalue weighted by Crippen LogP contribution is -2.43. The molecule has 3 aliphatic heterocycles. The van der Waals surface area contributed by atoms with Crippen LogP contribution in [0.5, 0.6) is 0 Å². The molecular formula is C13H15NO6S. The Morgan fingerprint density at radius 2 is 1.95 bits per heavy atom. The molecule has 3 heterocycles. The summed E-state index contributed by atoms with van der Waals surface area (Å²) in [6.45, 7) is 0.0747. The highest BCUT2D eigenvalue weighted by molar-refractivity contribution is 7.86. The van der Waals surface area contributed by atoms with E-state index in [0.29, 0.717) is 18.5 Å². The zero-order valence-electron chi connectivity index (χ0n) is 11.1. The van der Waals surface area contributed by atoms with Crippen LogP contribution in [0, 0.1) is 0 Å². The summed E-state index contributed by atoms with van der Waals surface area (Å²) in [6, 6.07) is 5.23. The number of ether oxygens (including phenoxy) is 1. The SMILES string of the molecule is O=C1OCc2ccc(cc2)S(=O)(=O)OCC2[C@H](O)CCN12. The molecule has 1 saturated heterocycles. The number of amides is 1. The number of carbonyl (C=O) groups is 1. The second kappa shape index (κ2) is 5.28. The lowest BCUT2D eigenvalue weighted by atomic mass is 10.2. The molecule has 1 N–H and O–H groups in total. The fourth-order valence-corrected chi connectivity index (χ4v) is 3.40. The molecule has 21 heavy (non-hydrogen) atoms. The quantitative estimate of drug-likeness (QED) is 0.700. The lowest BCUT2D eigenvalue weighted by Gasteiger charge is -2.25. The van der Waals surface area contributed by atoms with Gasteiger partial charge in [-0.15, -0.1) is 0 Å². The largest absolute Gasteiger partial charge is 0.445 e. The maximum absolute atomic E-state index is 12.1. The van der Waals surface area contributed by atoms with Gasteiger partial charge in [0.05, 0.1) is 23.6 Å². The van der Waals surface area contributed by atoms with E-state index in [-0.39, 0.29) is 18.1 Å². The van der Waals surface area contributed by atoms with Gasteiger partial charge in [0.1, 0.15) is 6.61 Å². The Labute approximate surface area is 122 Å². The first kappa shape index (κ1) is 14.3. The van der Waals surface area contributed by atoms with E-state index in [1.807, 2.05) is 0 Å². The average molecular weight is 313 g/mol. The molecule has 114 valence electrons. The van der Waals surface area contributed by atoms with E-state index in [0.717, 1.165) is 0 Å². The van der Waals surface area contributed by atoms with E-state index in [1.54, 1.807) is 12.1 Å². The van der Waals surface area contributed by atoms with Crippen LogP contribution in [-0.4, -0.2) is 49.8 Å². The minimum absolute atomic E-state index is 0.0391. The van der Waals surface area contributed by atoms with Gasteiger partial charge in [-0.25, -0.2) is 4.79 Å². The van der Waals surface area contributed by atoms with Gasteiger partial charge in [-0.05, 0) is 24.1 Å². The van der Waals surface area contributed by atoms with Crippen LogP contribution in [0.1, 0.15) is 12.0 Å². The highest BCUT2D eigenvalue weighted by Gasteiger charge is 2.38. The van der Waals surface area contributed by atoms with Crippen molar-refractivity contribution >= 4 is 16.2 Å². The van der Waals surface area contributed by atoms with Gasteiger partial charge < -0.3 is 14.7 Å². The normalized spacial score (nSPS) is 28.4. The van der Waals surface area contributed by atoms with E-state index in [2.05, 4.69) is 0 Å². The van der Waals surface area contributed by atoms with Gasteiger partial charge in [0.25, 0.3) is 10.1 Å². The Hall–Kier alpha value is -1.64. The number of carbonyl (C=O) groups excluding carboxylic acids is 1. The van der Waals surface area contributed by atoms with E-state index in [9.17, 15) is 18.3 Å². The number of benzene rings is 1. The van der Waals surface area contributed by atoms with Gasteiger partial charge in [-0.3, -0.25) is 4.18 Å². The van der Waals surface area contributed by atoms with Crippen molar-refractivity contribution in [1.82, 2.24) is 4.90 Å². The minimum Gasteiger partial charge on any atom is -0.445 e. The lowest BCUT2D eigenvalue weighted by molar-refractivity contribution is 0.0545. The third-order valence-corrected chi connectivity index (χ3v) is 5.01. The van der Waals surface area contributed by atoms with E-state index < -0.39 is 28.4 Å². The van der Waals surface area contributed by atoms with Gasteiger partial charge in [-0.1, -0.05) is 12.1 Å². The fourth-order valence-electron chi connectivity index (χ4n) is 2.47. The van der Waals surface area contributed by atoms with Gasteiger partial charge in [0.2, 0.25) is 0 Å². The van der Waals surface area contributed by atoms with E-state index in [1.165, 1.54) is 17.0 Å². The summed E-state index contributed by atoms with van der Waals surface area (Å²) in [5, 5.41) is 9.88. The Kier molecular flexibility index (Phi) is 3.60. The maximum atomic E-state index is 12.1. The van der Waals surface area contributed by atoms with Crippen molar-refractivity contribution in [3.8, 4) is 0 Å². The molecule has 2 bridgehead atoms. The first-order chi connectivity index (χ1) is 9.97. The number of hydrogen-bond donors (Lipinski definition) is 1. The second-order valence-electron chi connectivity index (χ2n) is 5.05. The molecule has 2 atom stereocenters. The standard InChI is InChI=1S/C13H15NO6S/c15-12-5-6-14-11(12)8-20-21(17,18)10-3-1-9(2-4-10)7-19-13(14)16/h1-4,11-12,15H,5-8H2/t11?,12-/m1/s1. The summed E-state index contributed by atoms with van der Waals surface area (Å²) in [7, 11) is -3.90. The van der Waals surface area contributed by atoms with E-state index >= 15 is 0 Å². The molecule has 0 aliphatic carbocycles. The molecule has 1 aromatic carbocycles. The molecule has 0 radical (unpaired) electrons. The average Bonchev–Trinajstić information content (AvgIpc) is 2.83. The van der Waals surface area contributed by atoms with Crippen LogP contribution < -0.4 is 0 Å². The molecule has 4 rings (SSSR count). The van der Waals surface area contributed by atoms with Crippen LogP contribution in [0.2, 0.25) is 0 Å². The zero-order chi connectivity index (χ0) is 15.0. The smallest absolute Gasteiger partial charge is 0.410 e. The third-order valence-electron chi connectivity index (χ3n) is 3.71. The van der Waals surface area contributed by atoms with Gasteiger partial charge in [0.15, 0.2) is 0 Å². The van der Waals surface area contributed by atoms with Gasteiger partial charge in [-0.2, -0.15) is 8.42 Å². The topological polar surface area (TPSA) is 93.1 Å².